The second-order valence-electron chi connectivity index (χ2n) is 4.98. The SMILES string of the molecule is C=C(C)CC(C)(C)C.O=C(O)CCC(=O)O. The van der Waals surface area contributed by atoms with Crippen LogP contribution in [0.2, 0.25) is 0 Å². The molecular weight excluding hydrogens is 208 g/mol. The van der Waals surface area contributed by atoms with Crippen molar-refractivity contribution in [3.05, 3.63) is 12.2 Å². The van der Waals surface area contributed by atoms with Gasteiger partial charge in [-0.1, -0.05) is 26.3 Å². The summed E-state index contributed by atoms with van der Waals surface area (Å²) in [6.07, 6.45) is 0.539. The highest BCUT2D eigenvalue weighted by Crippen LogP contribution is 2.22. The molecule has 0 aromatic rings. The zero-order valence-electron chi connectivity index (χ0n) is 10.5. The molecule has 16 heavy (non-hydrogen) atoms. The van der Waals surface area contributed by atoms with Crippen LogP contribution in [0.25, 0.3) is 0 Å². The van der Waals surface area contributed by atoms with Gasteiger partial charge in [-0.2, -0.15) is 0 Å². The third-order valence-electron chi connectivity index (χ3n) is 1.38. The van der Waals surface area contributed by atoms with Crippen LogP contribution < -0.4 is 0 Å². The fraction of sp³-hybridized carbons (Fsp3) is 0.667. The van der Waals surface area contributed by atoms with Crippen molar-refractivity contribution < 1.29 is 19.8 Å². The van der Waals surface area contributed by atoms with Gasteiger partial charge in [0.05, 0.1) is 12.8 Å². The van der Waals surface area contributed by atoms with E-state index in [4.69, 9.17) is 10.2 Å². The standard InChI is InChI=1S/C8H16.C4H6O4/c1-7(2)6-8(3,4)5;5-3(6)1-2-4(7)8/h1,6H2,2-5H3;1-2H2,(H,5,6)(H,7,8). The third-order valence-corrected chi connectivity index (χ3v) is 1.38. The quantitative estimate of drug-likeness (QED) is 0.728. The van der Waals surface area contributed by atoms with Crippen LogP contribution >= 0.6 is 0 Å². The summed E-state index contributed by atoms with van der Waals surface area (Å²) < 4.78 is 0. The maximum Gasteiger partial charge on any atom is 0.303 e. The Labute approximate surface area is 97.0 Å². The Balaban J connectivity index is 0. The Morgan fingerprint density at radius 3 is 1.44 bits per heavy atom. The molecule has 0 aliphatic rings. The minimum absolute atomic E-state index is 0.296. The van der Waals surface area contributed by atoms with Gasteiger partial charge in [0, 0.05) is 0 Å². The van der Waals surface area contributed by atoms with Gasteiger partial charge in [-0.25, -0.2) is 0 Å². The van der Waals surface area contributed by atoms with Crippen molar-refractivity contribution in [3.8, 4) is 0 Å². The van der Waals surface area contributed by atoms with Gasteiger partial charge in [0.25, 0.3) is 0 Å². The van der Waals surface area contributed by atoms with E-state index in [-0.39, 0.29) is 12.8 Å². The molecular formula is C12H22O4. The molecule has 0 unspecified atom stereocenters. The van der Waals surface area contributed by atoms with Gasteiger partial charge < -0.3 is 10.2 Å². The van der Waals surface area contributed by atoms with E-state index in [0.29, 0.717) is 5.41 Å². The van der Waals surface area contributed by atoms with E-state index in [1.54, 1.807) is 0 Å². The molecule has 0 bridgehead atoms. The van der Waals surface area contributed by atoms with Gasteiger partial charge in [-0.15, -0.1) is 6.58 Å². The number of carbonyl (C=O) groups is 2. The van der Waals surface area contributed by atoms with Gasteiger partial charge in [0.2, 0.25) is 0 Å². The first-order valence-electron chi connectivity index (χ1n) is 5.12. The van der Waals surface area contributed by atoms with E-state index in [1.165, 1.54) is 5.57 Å². The minimum Gasteiger partial charge on any atom is -0.481 e. The number of carboxylic acids is 2. The van der Waals surface area contributed by atoms with Crippen LogP contribution in [0.3, 0.4) is 0 Å². The molecule has 0 aromatic heterocycles. The van der Waals surface area contributed by atoms with Crippen LogP contribution in [0.5, 0.6) is 0 Å². The second-order valence-corrected chi connectivity index (χ2v) is 4.98. The molecule has 0 aromatic carbocycles. The fourth-order valence-electron chi connectivity index (χ4n) is 1.12. The maximum absolute atomic E-state index is 9.64. The van der Waals surface area contributed by atoms with Gasteiger partial charge in [0.15, 0.2) is 0 Å². The zero-order valence-corrected chi connectivity index (χ0v) is 10.5. The van der Waals surface area contributed by atoms with E-state index in [0.717, 1.165) is 6.42 Å². The van der Waals surface area contributed by atoms with Gasteiger partial charge in [-0.3, -0.25) is 9.59 Å². The molecule has 0 atom stereocenters. The first-order chi connectivity index (χ1) is 7.04. The Morgan fingerprint density at radius 1 is 1.06 bits per heavy atom. The summed E-state index contributed by atoms with van der Waals surface area (Å²) >= 11 is 0. The molecule has 0 aliphatic carbocycles. The highest BCUT2D eigenvalue weighted by atomic mass is 16.4. The summed E-state index contributed by atoms with van der Waals surface area (Å²) in [4.78, 5) is 19.3. The molecule has 0 amide bonds. The first-order valence-corrected chi connectivity index (χ1v) is 5.12. The zero-order chi connectivity index (χ0) is 13.4. The van der Waals surface area contributed by atoms with E-state index in [2.05, 4.69) is 34.3 Å². The largest absolute Gasteiger partial charge is 0.481 e. The van der Waals surface area contributed by atoms with Crippen LogP contribution in [-0.4, -0.2) is 22.2 Å². The molecule has 0 radical (unpaired) electrons. The number of carboxylic acid groups (broad SMARTS) is 2. The maximum atomic E-state index is 9.64. The third kappa shape index (κ3) is 23.0. The summed E-state index contributed by atoms with van der Waals surface area (Å²) in [5, 5.41) is 15.8. The van der Waals surface area contributed by atoms with Crippen molar-refractivity contribution >= 4 is 11.9 Å². The van der Waals surface area contributed by atoms with Gasteiger partial charge >= 0.3 is 11.9 Å². The summed E-state index contributed by atoms with van der Waals surface area (Å²) in [5.74, 6) is -2.15. The smallest absolute Gasteiger partial charge is 0.303 e. The molecule has 0 fully saturated rings. The first kappa shape index (κ1) is 17.1. The average molecular weight is 230 g/mol. The minimum atomic E-state index is -1.08. The highest BCUT2D eigenvalue weighted by molar-refractivity contribution is 5.75. The summed E-state index contributed by atoms with van der Waals surface area (Å²) in [6.45, 7) is 12.6. The number of hydrogen-bond acceptors (Lipinski definition) is 2. The predicted molar refractivity (Wildman–Crippen MR) is 63.4 cm³/mol. The monoisotopic (exact) mass is 230 g/mol. The van der Waals surface area contributed by atoms with Crippen molar-refractivity contribution in [1.82, 2.24) is 0 Å². The molecule has 0 aliphatic heterocycles. The molecule has 0 spiro atoms. The molecule has 0 heterocycles. The number of rotatable bonds is 4. The molecule has 2 N–H and O–H groups in total. The van der Waals surface area contributed by atoms with Crippen LogP contribution in [-0.2, 0) is 9.59 Å². The van der Waals surface area contributed by atoms with Crippen LogP contribution in [0, 0.1) is 5.41 Å². The number of aliphatic carboxylic acids is 2. The van der Waals surface area contributed by atoms with E-state index in [9.17, 15) is 9.59 Å². The Bertz CT molecular complexity index is 234. The molecule has 0 rings (SSSR count). The number of allylic oxidation sites excluding steroid dienone is 1. The van der Waals surface area contributed by atoms with Crippen molar-refractivity contribution in [1.29, 1.82) is 0 Å². The molecule has 4 heteroatoms. The Kier molecular flexibility index (Phi) is 8.44. The average Bonchev–Trinajstić information content (AvgIpc) is 1.96. The van der Waals surface area contributed by atoms with E-state index in [1.807, 2.05) is 0 Å². The lowest BCUT2D eigenvalue weighted by Gasteiger charge is -2.17. The normalized spacial score (nSPS) is 10.0. The summed E-state index contributed by atoms with van der Waals surface area (Å²) in [6, 6.07) is 0. The molecule has 0 saturated carbocycles. The van der Waals surface area contributed by atoms with Crippen molar-refractivity contribution in [3.63, 3.8) is 0 Å². The van der Waals surface area contributed by atoms with Gasteiger partial charge in [-0.05, 0) is 18.8 Å². The fourth-order valence-corrected chi connectivity index (χ4v) is 1.12. The van der Waals surface area contributed by atoms with Crippen LogP contribution in [0.4, 0.5) is 0 Å². The van der Waals surface area contributed by atoms with E-state index < -0.39 is 11.9 Å². The molecule has 94 valence electrons. The molecule has 4 nitrogen and oxygen atoms in total. The second kappa shape index (κ2) is 7.91. The topological polar surface area (TPSA) is 74.6 Å². The van der Waals surface area contributed by atoms with Crippen molar-refractivity contribution in [2.24, 2.45) is 5.41 Å². The van der Waals surface area contributed by atoms with Crippen molar-refractivity contribution in [2.45, 2.75) is 47.0 Å². The lowest BCUT2D eigenvalue weighted by atomic mass is 9.89. The summed E-state index contributed by atoms with van der Waals surface area (Å²) in [7, 11) is 0. The highest BCUT2D eigenvalue weighted by Gasteiger charge is 2.08. The van der Waals surface area contributed by atoms with E-state index >= 15 is 0 Å². The Morgan fingerprint density at radius 2 is 1.38 bits per heavy atom. The van der Waals surface area contributed by atoms with Crippen molar-refractivity contribution in [2.75, 3.05) is 0 Å². The lowest BCUT2D eigenvalue weighted by molar-refractivity contribution is -0.143. The lowest BCUT2D eigenvalue weighted by Crippen LogP contribution is -2.03. The Hall–Kier alpha value is -1.32. The number of hydrogen-bond donors (Lipinski definition) is 2. The van der Waals surface area contributed by atoms with Crippen LogP contribution in [0.15, 0.2) is 12.2 Å². The molecule has 0 saturated heterocycles. The van der Waals surface area contributed by atoms with Gasteiger partial charge in [0.1, 0.15) is 0 Å². The predicted octanol–water partition coefficient (Wildman–Crippen LogP) is 2.93. The summed E-state index contributed by atoms with van der Waals surface area (Å²) in [5.41, 5.74) is 1.70. The van der Waals surface area contributed by atoms with Crippen LogP contribution in [0.1, 0.15) is 47.0 Å².